The van der Waals surface area contributed by atoms with Gasteiger partial charge in [0.05, 0.1) is 4.92 Å². The van der Waals surface area contributed by atoms with Crippen LogP contribution < -0.4 is 5.32 Å². The molecule has 0 aliphatic heterocycles. The van der Waals surface area contributed by atoms with Gasteiger partial charge in [-0.05, 0) is 25.3 Å². The van der Waals surface area contributed by atoms with Gasteiger partial charge in [0, 0.05) is 24.4 Å². The van der Waals surface area contributed by atoms with Crippen LogP contribution in [-0.2, 0) is 13.5 Å². The van der Waals surface area contributed by atoms with Crippen LogP contribution in [0.15, 0.2) is 17.5 Å². The molecule has 7 heteroatoms. The lowest BCUT2D eigenvalue weighted by molar-refractivity contribution is -0.384. The second kappa shape index (κ2) is 5.40. The monoisotopic (exact) mass is 280 g/mol. The number of anilines is 1. The fourth-order valence-corrected chi connectivity index (χ4v) is 2.88. The van der Waals surface area contributed by atoms with Crippen LogP contribution in [0.2, 0.25) is 0 Å². The van der Waals surface area contributed by atoms with Gasteiger partial charge < -0.3 is 5.32 Å². The summed E-state index contributed by atoms with van der Waals surface area (Å²) in [4.78, 5) is 11.9. The number of rotatable bonds is 5. The maximum atomic E-state index is 11.1. The largest absolute Gasteiger partial charge is 0.362 e. The van der Waals surface area contributed by atoms with Crippen molar-refractivity contribution in [2.75, 3.05) is 5.32 Å². The summed E-state index contributed by atoms with van der Waals surface area (Å²) in [5, 5.41) is 20.4. The van der Waals surface area contributed by atoms with Crippen LogP contribution >= 0.6 is 11.3 Å². The zero-order valence-electron chi connectivity index (χ0n) is 11.1. The third-order valence-electron chi connectivity index (χ3n) is 2.84. The van der Waals surface area contributed by atoms with Crippen LogP contribution in [0.3, 0.4) is 0 Å². The zero-order chi connectivity index (χ0) is 14.0. The van der Waals surface area contributed by atoms with Gasteiger partial charge >= 0.3 is 5.69 Å². The van der Waals surface area contributed by atoms with E-state index in [1.807, 2.05) is 18.4 Å². The standard InChI is InChI=1S/C12H16N4O2S/c1-8(7-10-5-4-6-19-10)13-12-11(16(17)18)9(2)14-15(12)3/h4-6,8,13H,7H2,1-3H3. The van der Waals surface area contributed by atoms with E-state index in [0.717, 1.165) is 6.42 Å². The molecule has 0 amide bonds. The Kier molecular flexibility index (Phi) is 3.84. The quantitative estimate of drug-likeness (QED) is 0.675. The van der Waals surface area contributed by atoms with Gasteiger partial charge in [0.1, 0.15) is 5.69 Å². The normalized spacial score (nSPS) is 12.4. The van der Waals surface area contributed by atoms with E-state index in [9.17, 15) is 10.1 Å². The number of aromatic nitrogens is 2. The third-order valence-corrected chi connectivity index (χ3v) is 3.74. The Morgan fingerprint density at radius 1 is 1.63 bits per heavy atom. The Balaban J connectivity index is 2.16. The van der Waals surface area contributed by atoms with Crippen molar-refractivity contribution in [1.82, 2.24) is 9.78 Å². The fourth-order valence-electron chi connectivity index (χ4n) is 2.04. The maximum Gasteiger partial charge on any atom is 0.333 e. The van der Waals surface area contributed by atoms with E-state index in [2.05, 4.69) is 16.5 Å². The molecule has 0 fully saturated rings. The highest BCUT2D eigenvalue weighted by atomic mass is 32.1. The van der Waals surface area contributed by atoms with E-state index in [1.165, 1.54) is 9.56 Å². The van der Waals surface area contributed by atoms with Gasteiger partial charge in [0.15, 0.2) is 0 Å². The summed E-state index contributed by atoms with van der Waals surface area (Å²) in [7, 11) is 1.71. The van der Waals surface area contributed by atoms with Crippen molar-refractivity contribution in [2.45, 2.75) is 26.3 Å². The Morgan fingerprint density at radius 3 is 2.95 bits per heavy atom. The molecular weight excluding hydrogens is 264 g/mol. The number of thiophene rings is 1. The molecule has 0 spiro atoms. The minimum atomic E-state index is -0.386. The second-order valence-corrected chi connectivity index (χ2v) is 5.52. The highest BCUT2D eigenvalue weighted by molar-refractivity contribution is 7.09. The molecule has 19 heavy (non-hydrogen) atoms. The SMILES string of the molecule is Cc1nn(C)c(NC(C)Cc2cccs2)c1[N+](=O)[O-]. The van der Waals surface area contributed by atoms with Crippen molar-refractivity contribution in [3.05, 3.63) is 38.2 Å². The van der Waals surface area contributed by atoms with E-state index in [4.69, 9.17) is 0 Å². The number of nitrogens with zero attached hydrogens (tertiary/aromatic N) is 3. The second-order valence-electron chi connectivity index (χ2n) is 4.49. The molecule has 0 aromatic carbocycles. The van der Waals surface area contributed by atoms with Crippen molar-refractivity contribution in [3.8, 4) is 0 Å². The van der Waals surface area contributed by atoms with Crippen molar-refractivity contribution < 1.29 is 4.92 Å². The zero-order valence-corrected chi connectivity index (χ0v) is 11.9. The molecule has 2 aromatic heterocycles. The van der Waals surface area contributed by atoms with Crippen molar-refractivity contribution in [2.24, 2.45) is 7.05 Å². The summed E-state index contributed by atoms with van der Waals surface area (Å²) >= 11 is 1.69. The third kappa shape index (κ3) is 2.93. The Hall–Kier alpha value is -1.89. The molecule has 102 valence electrons. The first-order valence-corrected chi connectivity index (χ1v) is 6.84. The summed E-state index contributed by atoms with van der Waals surface area (Å²) in [5.74, 6) is 0.464. The van der Waals surface area contributed by atoms with Gasteiger partial charge in [-0.15, -0.1) is 11.3 Å². The van der Waals surface area contributed by atoms with Crippen molar-refractivity contribution >= 4 is 22.8 Å². The van der Waals surface area contributed by atoms with Crippen molar-refractivity contribution in [1.29, 1.82) is 0 Å². The maximum absolute atomic E-state index is 11.1. The molecule has 0 radical (unpaired) electrons. The smallest absolute Gasteiger partial charge is 0.333 e. The van der Waals surface area contributed by atoms with Gasteiger partial charge in [-0.3, -0.25) is 10.1 Å². The number of hydrogen-bond donors (Lipinski definition) is 1. The molecule has 1 unspecified atom stereocenters. The van der Waals surface area contributed by atoms with Crippen LogP contribution in [-0.4, -0.2) is 20.7 Å². The van der Waals surface area contributed by atoms with Crippen LogP contribution in [0.1, 0.15) is 17.5 Å². The highest BCUT2D eigenvalue weighted by Gasteiger charge is 2.24. The van der Waals surface area contributed by atoms with Crippen molar-refractivity contribution in [3.63, 3.8) is 0 Å². The average molecular weight is 280 g/mol. The number of nitrogens with one attached hydrogen (secondary N) is 1. The number of nitro groups is 1. The minimum absolute atomic E-state index is 0.0560. The summed E-state index contributed by atoms with van der Waals surface area (Å²) in [6.45, 7) is 3.65. The van der Waals surface area contributed by atoms with Gasteiger partial charge in [-0.1, -0.05) is 6.07 Å². The molecule has 6 nitrogen and oxygen atoms in total. The van der Waals surface area contributed by atoms with Crippen LogP contribution in [0.4, 0.5) is 11.5 Å². The van der Waals surface area contributed by atoms with Crippen LogP contribution in [0, 0.1) is 17.0 Å². The lowest BCUT2D eigenvalue weighted by Gasteiger charge is -2.13. The van der Waals surface area contributed by atoms with E-state index in [0.29, 0.717) is 11.5 Å². The molecule has 1 N–H and O–H groups in total. The van der Waals surface area contributed by atoms with Gasteiger partial charge in [0.25, 0.3) is 0 Å². The van der Waals surface area contributed by atoms with Crippen LogP contribution in [0.5, 0.6) is 0 Å². The highest BCUT2D eigenvalue weighted by Crippen LogP contribution is 2.28. The fraction of sp³-hybridized carbons (Fsp3) is 0.417. The molecule has 2 heterocycles. The molecule has 0 saturated heterocycles. The lowest BCUT2D eigenvalue weighted by Crippen LogP contribution is -2.20. The van der Waals surface area contributed by atoms with E-state index >= 15 is 0 Å². The molecule has 2 rings (SSSR count). The molecule has 0 bridgehead atoms. The first-order chi connectivity index (χ1) is 8.99. The summed E-state index contributed by atoms with van der Waals surface area (Å²) in [5.41, 5.74) is 0.485. The van der Waals surface area contributed by atoms with E-state index < -0.39 is 0 Å². The predicted molar refractivity (Wildman–Crippen MR) is 75.7 cm³/mol. The Morgan fingerprint density at radius 2 is 2.37 bits per heavy atom. The molecule has 0 aliphatic carbocycles. The molecule has 0 saturated carbocycles. The average Bonchev–Trinajstić information content (AvgIpc) is 2.88. The summed E-state index contributed by atoms with van der Waals surface area (Å²) in [6, 6.07) is 4.17. The summed E-state index contributed by atoms with van der Waals surface area (Å²) in [6.07, 6.45) is 0.832. The van der Waals surface area contributed by atoms with E-state index in [-0.39, 0.29) is 16.7 Å². The number of aryl methyl sites for hydroxylation is 2. The lowest BCUT2D eigenvalue weighted by atomic mass is 10.2. The van der Waals surface area contributed by atoms with Gasteiger partial charge in [-0.25, -0.2) is 4.68 Å². The topological polar surface area (TPSA) is 73.0 Å². The molecule has 0 aliphatic rings. The molecule has 1 atom stereocenters. The molecular formula is C12H16N4O2S. The minimum Gasteiger partial charge on any atom is -0.362 e. The Bertz CT molecular complexity index is 577. The first kappa shape index (κ1) is 13.5. The van der Waals surface area contributed by atoms with E-state index in [1.54, 1.807) is 25.3 Å². The number of hydrogen-bond acceptors (Lipinski definition) is 5. The van der Waals surface area contributed by atoms with Crippen LogP contribution in [0.25, 0.3) is 0 Å². The molecule has 2 aromatic rings. The summed E-state index contributed by atoms with van der Waals surface area (Å²) < 4.78 is 1.53. The first-order valence-electron chi connectivity index (χ1n) is 5.96. The predicted octanol–water partition coefficient (Wildman–Crippen LogP) is 2.74. The van der Waals surface area contributed by atoms with Gasteiger partial charge in [-0.2, -0.15) is 5.10 Å². The Labute approximate surface area is 115 Å². The van der Waals surface area contributed by atoms with Gasteiger partial charge in [0.2, 0.25) is 5.82 Å².